The Morgan fingerprint density at radius 2 is 1.94 bits per heavy atom. The van der Waals surface area contributed by atoms with Crippen molar-refractivity contribution < 1.29 is 8.78 Å². The van der Waals surface area contributed by atoms with Crippen LogP contribution in [-0.4, -0.2) is 11.8 Å². The van der Waals surface area contributed by atoms with Crippen LogP contribution >= 0.6 is 11.8 Å². The van der Waals surface area contributed by atoms with Gasteiger partial charge in [0, 0.05) is 16.6 Å². The molecule has 2 rings (SSSR count). The van der Waals surface area contributed by atoms with E-state index in [0.29, 0.717) is 28.1 Å². The van der Waals surface area contributed by atoms with E-state index < -0.39 is 5.76 Å². The summed E-state index contributed by atoms with van der Waals surface area (Å²) in [6.07, 6.45) is 2.43. The molecule has 0 spiro atoms. The molecule has 0 aliphatic heterocycles. The summed E-state index contributed by atoms with van der Waals surface area (Å²) in [5.74, 6) is -2.37. The van der Waals surface area contributed by atoms with Gasteiger partial charge in [-0.25, -0.2) is 0 Å². The van der Waals surface area contributed by atoms with Gasteiger partial charge in [-0.05, 0) is 37.3 Å². The predicted molar refractivity (Wildman–Crippen MR) is 68.7 cm³/mol. The highest BCUT2D eigenvalue weighted by molar-refractivity contribution is 7.99. The maximum Gasteiger partial charge on any atom is 0.288 e. The van der Waals surface area contributed by atoms with Crippen LogP contribution in [0.25, 0.3) is 0 Å². The molecule has 4 heteroatoms. The number of benzene rings is 1. The fraction of sp³-hybridized carbons (Fsp3) is 0.538. The molecule has 1 N–H and O–H groups in total. The maximum absolute atomic E-state index is 12.4. The monoisotopic (exact) mass is 257 g/mol. The number of hydrogen-bond donors (Lipinski definition) is 1. The van der Waals surface area contributed by atoms with E-state index in [0.717, 1.165) is 5.69 Å². The first kappa shape index (κ1) is 12.7. The van der Waals surface area contributed by atoms with Gasteiger partial charge in [0.2, 0.25) is 0 Å². The lowest BCUT2D eigenvalue weighted by atomic mass is 10.0. The second-order valence-electron chi connectivity index (χ2n) is 4.89. The Balaban J connectivity index is 2.09. The second-order valence-corrected chi connectivity index (χ2v) is 5.93. The maximum atomic E-state index is 12.4. The van der Waals surface area contributed by atoms with E-state index in [9.17, 15) is 8.78 Å². The lowest BCUT2D eigenvalue weighted by molar-refractivity contribution is 0.252. The van der Waals surface area contributed by atoms with E-state index in [2.05, 4.69) is 19.2 Å². The van der Waals surface area contributed by atoms with Gasteiger partial charge in [0.15, 0.2) is 0 Å². The topological polar surface area (TPSA) is 12.0 Å². The number of halogens is 2. The lowest BCUT2D eigenvalue weighted by Gasteiger charge is -2.23. The van der Waals surface area contributed by atoms with Crippen LogP contribution in [-0.2, 0) is 0 Å². The average Bonchev–Trinajstić information content (AvgIpc) is 3.00. The van der Waals surface area contributed by atoms with Gasteiger partial charge in [-0.3, -0.25) is 0 Å². The van der Waals surface area contributed by atoms with E-state index in [1.165, 1.54) is 12.8 Å². The third kappa shape index (κ3) is 3.12. The van der Waals surface area contributed by atoms with Crippen molar-refractivity contribution in [3.63, 3.8) is 0 Å². The van der Waals surface area contributed by atoms with Crippen molar-refractivity contribution >= 4 is 17.4 Å². The van der Waals surface area contributed by atoms with E-state index >= 15 is 0 Å². The first-order valence-corrected chi connectivity index (χ1v) is 6.70. The summed E-state index contributed by atoms with van der Waals surface area (Å²) in [6, 6.07) is 7.59. The summed E-state index contributed by atoms with van der Waals surface area (Å²) >= 11 is 0.602. The van der Waals surface area contributed by atoms with Crippen LogP contribution in [0.3, 0.4) is 0 Å². The first-order chi connectivity index (χ1) is 8.01. The molecule has 0 bridgehead atoms. The molecule has 1 aliphatic carbocycles. The van der Waals surface area contributed by atoms with Gasteiger partial charge in [0.05, 0.1) is 0 Å². The molecular weight excluding hydrogens is 240 g/mol. The standard InChI is InChI=1S/C13H17F2NS/c1-9(13(2)7-8-13)16-10-5-3-4-6-11(10)17-12(14)15/h3-6,9,12,16H,7-8H2,1-2H3. The van der Waals surface area contributed by atoms with E-state index in [-0.39, 0.29) is 0 Å². The summed E-state index contributed by atoms with van der Waals surface area (Å²) in [5.41, 5.74) is 1.15. The number of para-hydroxylation sites is 1. The molecule has 17 heavy (non-hydrogen) atoms. The first-order valence-electron chi connectivity index (χ1n) is 5.82. The third-order valence-electron chi connectivity index (χ3n) is 3.56. The molecule has 0 heterocycles. The van der Waals surface area contributed by atoms with Crippen LogP contribution in [0.4, 0.5) is 14.5 Å². The smallest absolute Gasteiger partial charge is 0.288 e. The highest BCUT2D eigenvalue weighted by atomic mass is 32.2. The van der Waals surface area contributed by atoms with Crippen molar-refractivity contribution in [3.05, 3.63) is 24.3 Å². The minimum absolute atomic E-state index is 0.321. The van der Waals surface area contributed by atoms with Crippen LogP contribution in [0.2, 0.25) is 0 Å². The van der Waals surface area contributed by atoms with Gasteiger partial charge >= 0.3 is 0 Å². The van der Waals surface area contributed by atoms with Gasteiger partial charge < -0.3 is 5.32 Å². The molecule has 1 atom stereocenters. The number of hydrogen-bond acceptors (Lipinski definition) is 2. The Hall–Kier alpha value is -0.770. The van der Waals surface area contributed by atoms with Crippen molar-refractivity contribution in [1.82, 2.24) is 0 Å². The van der Waals surface area contributed by atoms with Crippen molar-refractivity contribution in [1.29, 1.82) is 0 Å². The van der Waals surface area contributed by atoms with E-state index in [1.54, 1.807) is 12.1 Å². The zero-order valence-electron chi connectivity index (χ0n) is 10.0. The highest BCUT2D eigenvalue weighted by Gasteiger charge is 2.42. The largest absolute Gasteiger partial charge is 0.381 e. The molecular formula is C13H17F2NS. The Bertz CT molecular complexity index is 391. The molecule has 0 radical (unpaired) electrons. The predicted octanol–water partition coefficient (Wildman–Crippen LogP) is 4.60. The second kappa shape index (κ2) is 4.84. The molecule has 94 valence electrons. The molecule has 1 saturated carbocycles. The van der Waals surface area contributed by atoms with Gasteiger partial charge in [-0.1, -0.05) is 30.8 Å². The SMILES string of the molecule is CC(Nc1ccccc1SC(F)F)C1(C)CC1. The Morgan fingerprint density at radius 1 is 1.29 bits per heavy atom. The molecule has 1 aromatic rings. The van der Waals surface area contributed by atoms with Crippen LogP contribution in [0.15, 0.2) is 29.2 Å². The molecule has 1 aliphatic rings. The van der Waals surface area contributed by atoms with Crippen molar-refractivity contribution in [3.8, 4) is 0 Å². The summed E-state index contributed by atoms with van der Waals surface area (Å²) in [4.78, 5) is 0.624. The molecule has 0 aromatic heterocycles. The van der Waals surface area contributed by atoms with Gasteiger partial charge in [-0.15, -0.1) is 0 Å². The number of anilines is 1. The number of rotatable bonds is 5. The van der Waals surface area contributed by atoms with E-state index in [4.69, 9.17) is 0 Å². The quantitative estimate of drug-likeness (QED) is 0.773. The third-order valence-corrected chi connectivity index (χ3v) is 4.35. The lowest BCUT2D eigenvalue weighted by Crippen LogP contribution is -2.25. The summed E-state index contributed by atoms with van der Waals surface area (Å²) in [5, 5.41) is 3.36. The summed E-state index contributed by atoms with van der Waals surface area (Å²) < 4.78 is 24.8. The van der Waals surface area contributed by atoms with Crippen LogP contribution in [0.1, 0.15) is 26.7 Å². The van der Waals surface area contributed by atoms with Gasteiger partial charge in [0.25, 0.3) is 5.76 Å². The van der Waals surface area contributed by atoms with Crippen molar-refractivity contribution in [2.75, 3.05) is 5.32 Å². The van der Waals surface area contributed by atoms with Crippen molar-refractivity contribution in [2.24, 2.45) is 5.41 Å². The number of thioether (sulfide) groups is 1. The normalized spacial score (nSPS) is 19.1. The fourth-order valence-corrected chi connectivity index (χ4v) is 2.43. The fourth-order valence-electron chi connectivity index (χ4n) is 1.82. The van der Waals surface area contributed by atoms with Gasteiger partial charge in [0.1, 0.15) is 0 Å². The summed E-state index contributed by atoms with van der Waals surface area (Å²) in [6.45, 7) is 4.35. The average molecular weight is 257 g/mol. The Labute approximate surface area is 105 Å². The minimum Gasteiger partial charge on any atom is -0.381 e. The molecule has 1 nitrogen and oxygen atoms in total. The zero-order valence-corrected chi connectivity index (χ0v) is 10.9. The molecule has 1 unspecified atom stereocenters. The minimum atomic E-state index is -2.37. The van der Waals surface area contributed by atoms with E-state index in [1.807, 2.05) is 12.1 Å². The molecule has 1 fully saturated rings. The van der Waals surface area contributed by atoms with Crippen LogP contribution < -0.4 is 5.32 Å². The van der Waals surface area contributed by atoms with Crippen LogP contribution in [0.5, 0.6) is 0 Å². The van der Waals surface area contributed by atoms with Gasteiger partial charge in [-0.2, -0.15) is 8.78 Å². The molecule has 1 aromatic carbocycles. The molecule has 0 amide bonds. The zero-order chi connectivity index (χ0) is 12.5. The Kier molecular flexibility index (Phi) is 3.61. The van der Waals surface area contributed by atoms with Crippen molar-refractivity contribution in [2.45, 2.75) is 43.4 Å². The molecule has 0 saturated heterocycles. The Morgan fingerprint density at radius 3 is 2.53 bits per heavy atom. The summed E-state index contributed by atoms with van der Waals surface area (Å²) in [7, 11) is 0. The van der Waals surface area contributed by atoms with Crippen LogP contribution in [0, 0.1) is 5.41 Å². The number of alkyl halides is 2. The number of nitrogens with one attached hydrogen (secondary N) is 1. The highest BCUT2D eigenvalue weighted by Crippen LogP contribution is 2.49.